The Morgan fingerprint density at radius 2 is 1.80 bits per heavy atom. The average Bonchev–Trinajstić information content (AvgIpc) is 2.49. The Morgan fingerprint density at radius 1 is 1.10 bits per heavy atom. The van der Waals surface area contributed by atoms with Crippen molar-refractivity contribution < 1.29 is 19.4 Å². The van der Waals surface area contributed by atoms with Gasteiger partial charge in [-0.15, -0.1) is 0 Å². The minimum absolute atomic E-state index is 0.238. The number of aromatic hydroxyl groups is 1. The molecule has 104 valence electrons. The van der Waals surface area contributed by atoms with Gasteiger partial charge >= 0.3 is 5.97 Å². The number of esters is 1. The lowest BCUT2D eigenvalue weighted by molar-refractivity contribution is 0.0600. The molecule has 4 heteroatoms. The van der Waals surface area contributed by atoms with Crippen LogP contribution in [0.5, 0.6) is 11.5 Å². The SMILES string of the molecule is COC(=O)c1ccc(Cc2ccc(O)cc2)c(OC)c1. The molecule has 0 radical (unpaired) electrons. The Bertz CT molecular complexity index is 602. The number of rotatable bonds is 4. The fourth-order valence-corrected chi connectivity index (χ4v) is 1.97. The number of benzene rings is 2. The first-order valence-corrected chi connectivity index (χ1v) is 6.17. The molecule has 0 aromatic heterocycles. The molecule has 1 N–H and O–H groups in total. The van der Waals surface area contributed by atoms with Gasteiger partial charge < -0.3 is 14.6 Å². The summed E-state index contributed by atoms with van der Waals surface area (Å²) >= 11 is 0. The van der Waals surface area contributed by atoms with Gasteiger partial charge in [0.15, 0.2) is 0 Å². The Hall–Kier alpha value is -2.49. The van der Waals surface area contributed by atoms with Gasteiger partial charge in [-0.25, -0.2) is 4.79 Å². The molecule has 0 spiro atoms. The molecular formula is C16H16O4. The largest absolute Gasteiger partial charge is 0.508 e. The van der Waals surface area contributed by atoms with Gasteiger partial charge in [-0.05, 0) is 35.4 Å². The van der Waals surface area contributed by atoms with E-state index in [2.05, 4.69) is 4.74 Å². The number of carbonyl (C=O) groups is 1. The van der Waals surface area contributed by atoms with Crippen molar-refractivity contribution in [2.45, 2.75) is 6.42 Å². The predicted molar refractivity (Wildman–Crippen MR) is 75.2 cm³/mol. The second-order valence-electron chi connectivity index (χ2n) is 4.36. The molecule has 0 bridgehead atoms. The van der Waals surface area contributed by atoms with E-state index in [1.807, 2.05) is 18.2 Å². The highest BCUT2D eigenvalue weighted by Gasteiger charge is 2.10. The van der Waals surface area contributed by atoms with Gasteiger partial charge in [0.1, 0.15) is 11.5 Å². The molecule has 4 nitrogen and oxygen atoms in total. The standard InChI is InChI=1S/C16H16O4/c1-19-15-10-13(16(18)20-2)6-5-12(15)9-11-3-7-14(17)8-4-11/h3-8,10,17H,9H2,1-2H3. The van der Waals surface area contributed by atoms with Crippen LogP contribution in [-0.2, 0) is 11.2 Å². The number of hydrogen-bond donors (Lipinski definition) is 1. The lowest BCUT2D eigenvalue weighted by Crippen LogP contribution is -2.03. The van der Waals surface area contributed by atoms with E-state index in [-0.39, 0.29) is 11.7 Å². The summed E-state index contributed by atoms with van der Waals surface area (Å²) in [4.78, 5) is 11.5. The molecule has 0 unspecified atom stereocenters. The van der Waals surface area contributed by atoms with Crippen molar-refractivity contribution in [1.29, 1.82) is 0 Å². The number of hydrogen-bond acceptors (Lipinski definition) is 4. The summed E-state index contributed by atoms with van der Waals surface area (Å²) in [7, 11) is 2.91. The molecule has 0 aliphatic heterocycles. The maximum absolute atomic E-state index is 11.5. The highest BCUT2D eigenvalue weighted by atomic mass is 16.5. The third-order valence-electron chi connectivity index (χ3n) is 3.04. The number of phenols is 1. The van der Waals surface area contributed by atoms with Crippen molar-refractivity contribution in [3.63, 3.8) is 0 Å². The van der Waals surface area contributed by atoms with E-state index in [0.717, 1.165) is 11.1 Å². The van der Waals surface area contributed by atoms with E-state index in [0.29, 0.717) is 17.7 Å². The highest BCUT2D eigenvalue weighted by Crippen LogP contribution is 2.24. The zero-order valence-corrected chi connectivity index (χ0v) is 11.4. The summed E-state index contributed by atoms with van der Waals surface area (Å²) in [5.41, 5.74) is 2.47. The van der Waals surface area contributed by atoms with E-state index < -0.39 is 0 Å². The molecule has 0 aliphatic rings. The Kier molecular flexibility index (Phi) is 4.25. The fraction of sp³-hybridized carbons (Fsp3) is 0.188. The van der Waals surface area contributed by atoms with Gasteiger partial charge in [-0.3, -0.25) is 0 Å². The van der Waals surface area contributed by atoms with Gasteiger partial charge in [-0.1, -0.05) is 18.2 Å². The molecule has 0 saturated heterocycles. The van der Waals surface area contributed by atoms with Crippen LogP contribution in [0.25, 0.3) is 0 Å². The first kappa shape index (κ1) is 13.9. The zero-order chi connectivity index (χ0) is 14.5. The van der Waals surface area contributed by atoms with Gasteiger partial charge in [0.2, 0.25) is 0 Å². The average molecular weight is 272 g/mol. The summed E-state index contributed by atoms with van der Waals surface area (Å²) in [5, 5.41) is 9.27. The minimum atomic E-state index is -0.389. The van der Waals surface area contributed by atoms with Crippen LogP contribution in [0.4, 0.5) is 0 Å². The lowest BCUT2D eigenvalue weighted by Gasteiger charge is -2.10. The number of ether oxygens (including phenoxy) is 2. The van der Waals surface area contributed by atoms with Gasteiger partial charge in [0, 0.05) is 6.42 Å². The van der Waals surface area contributed by atoms with E-state index in [1.165, 1.54) is 7.11 Å². The maximum atomic E-state index is 11.5. The van der Waals surface area contributed by atoms with E-state index in [9.17, 15) is 9.90 Å². The summed E-state index contributed by atoms with van der Waals surface area (Å²) in [6, 6.07) is 12.2. The Morgan fingerprint density at radius 3 is 2.40 bits per heavy atom. The lowest BCUT2D eigenvalue weighted by atomic mass is 10.0. The Balaban J connectivity index is 2.27. The van der Waals surface area contributed by atoms with Crippen molar-refractivity contribution in [3.8, 4) is 11.5 Å². The molecule has 2 rings (SSSR count). The second kappa shape index (κ2) is 6.10. The third-order valence-corrected chi connectivity index (χ3v) is 3.04. The van der Waals surface area contributed by atoms with Gasteiger partial charge in [0.25, 0.3) is 0 Å². The smallest absolute Gasteiger partial charge is 0.337 e. The van der Waals surface area contributed by atoms with Crippen LogP contribution < -0.4 is 4.74 Å². The normalized spacial score (nSPS) is 10.1. The summed E-state index contributed by atoms with van der Waals surface area (Å²) in [5.74, 6) is 0.488. The molecule has 0 heterocycles. The number of phenolic OH excluding ortho intramolecular Hbond substituents is 1. The van der Waals surface area contributed by atoms with Crippen LogP contribution in [-0.4, -0.2) is 25.3 Å². The number of methoxy groups -OCH3 is 2. The van der Waals surface area contributed by atoms with Crippen molar-refractivity contribution in [2.75, 3.05) is 14.2 Å². The molecule has 0 atom stereocenters. The highest BCUT2D eigenvalue weighted by molar-refractivity contribution is 5.89. The van der Waals surface area contributed by atoms with E-state index in [4.69, 9.17) is 4.74 Å². The molecule has 0 aliphatic carbocycles. The topological polar surface area (TPSA) is 55.8 Å². The van der Waals surface area contributed by atoms with E-state index >= 15 is 0 Å². The molecule has 0 saturated carbocycles. The van der Waals surface area contributed by atoms with Crippen LogP contribution in [0.15, 0.2) is 42.5 Å². The van der Waals surface area contributed by atoms with Crippen LogP contribution >= 0.6 is 0 Å². The van der Waals surface area contributed by atoms with Crippen LogP contribution in [0.3, 0.4) is 0 Å². The van der Waals surface area contributed by atoms with Crippen molar-refractivity contribution >= 4 is 5.97 Å². The van der Waals surface area contributed by atoms with E-state index in [1.54, 1.807) is 31.4 Å². The summed E-state index contributed by atoms with van der Waals surface area (Å²) in [6.45, 7) is 0. The summed E-state index contributed by atoms with van der Waals surface area (Å²) in [6.07, 6.45) is 0.658. The third kappa shape index (κ3) is 3.09. The zero-order valence-electron chi connectivity index (χ0n) is 11.4. The first-order valence-electron chi connectivity index (χ1n) is 6.17. The van der Waals surface area contributed by atoms with Crippen molar-refractivity contribution in [3.05, 3.63) is 59.2 Å². The molecule has 2 aromatic rings. The summed E-state index contributed by atoms with van der Waals surface area (Å²) < 4.78 is 10.0. The number of carbonyl (C=O) groups excluding carboxylic acids is 1. The van der Waals surface area contributed by atoms with Gasteiger partial charge in [-0.2, -0.15) is 0 Å². The monoisotopic (exact) mass is 272 g/mol. The predicted octanol–water partition coefficient (Wildman–Crippen LogP) is 2.78. The quantitative estimate of drug-likeness (QED) is 0.869. The molecule has 2 aromatic carbocycles. The minimum Gasteiger partial charge on any atom is -0.508 e. The molecule has 0 amide bonds. The van der Waals surface area contributed by atoms with Crippen molar-refractivity contribution in [2.24, 2.45) is 0 Å². The van der Waals surface area contributed by atoms with Gasteiger partial charge in [0.05, 0.1) is 19.8 Å². The maximum Gasteiger partial charge on any atom is 0.337 e. The Labute approximate surface area is 117 Å². The molecule has 0 fully saturated rings. The van der Waals surface area contributed by atoms with Crippen molar-refractivity contribution in [1.82, 2.24) is 0 Å². The fourth-order valence-electron chi connectivity index (χ4n) is 1.97. The van der Waals surface area contributed by atoms with Crippen LogP contribution in [0.2, 0.25) is 0 Å². The molecule has 20 heavy (non-hydrogen) atoms. The van der Waals surface area contributed by atoms with Crippen LogP contribution in [0.1, 0.15) is 21.5 Å². The molecular weight excluding hydrogens is 256 g/mol. The second-order valence-corrected chi connectivity index (χ2v) is 4.36. The van der Waals surface area contributed by atoms with Crippen LogP contribution in [0, 0.1) is 0 Å². The first-order chi connectivity index (χ1) is 9.63.